The van der Waals surface area contributed by atoms with Crippen molar-refractivity contribution in [3.05, 3.63) is 36.2 Å². The quantitative estimate of drug-likeness (QED) is 0.668. The molecule has 1 aromatic carbocycles. The Hall–Kier alpha value is -1.42. The first-order valence-corrected chi connectivity index (χ1v) is 12.2. The molecule has 3 fully saturated rings. The first kappa shape index (κ1) is 18.6. The van der Waals surface area contributed by atoms with Crippen LogP contribution in [0.1, 0.15) is 49.3 Å². The van der Waals surface area contributed by atoms with Crippen molar-refractivity contribution in [3.8, 4) is 6.07 Å². The highest BCUT2D eigenvalue weighted by Crippen LogP contribution is 2.46. The minimum Gasteiger partial charge on any atom is -0.382 e. The molecule has 2 saturated heterocycles. The van der Waals surface area contributed by atoms with Crippen LogP contribution >= 0.6 is 23.7 Å². The number of piperidine rings is 1. The van der Waals surface area contributed by atoms with Crippen LogP contribution in [0.15, 0.2) is 30.6 Å². The zero-order chi connectivity index (χ0) is 18.9. The van der Waals surface area contributed by atoms with Crippen LogP contribution in [0, 0.1) is 11.3 Å². The fourth-order valence-corrected chi connectivity index (χ4v) is 6.70. The monoisotopic (exact) mass is 410 g/mol. The van der Waals surface area contributed by atoms with Crippen LogP contribution < -0.4 is 5.32 Å². The summed E-state index contributed by atoms with van der Waals surface area (Å²) in [5, 5.41) is 17.0. The van der Waals surface area contributed by atoms with Crippen LogP contribution in [0.2, 0.25) is 0 Å². The van der Waals surface area contributed by atoms with Crippen LogP contribution in [0.3, 0.4) is 0 Å². The summed E-state index contributed by atoms with van der Waals surface area (Å²) in [6.07, 6.45) is 11.2. The van der Waals surface area contributed by atoms with Gasteiger partial charge in [0.25, 0.3) is 0 Å². The van der Waals surface area contributed by atoms with Crippen molar-refractivity contribution in [1.82, 2.24) is 9.29 Å². The van der Waals surface area contributed by atoms with Gasteiger partial charge in [-0.05, 0) is 67.7 Å². The van der Waals surface area contributed by atoms with Crippen molar-refractivity contribution in [1.29, 1.82) is 5.26 Å². The molecular formula is C22H26N4S2. The lowest BCUT2D eigenvalue weighted by molar-refractivity contribution is 0.358. The number of fused-ring (bicyclic) bond motifs is 1. The van der Waals surface area contributed by atoms with E-state index in [2.05, 4.69) is 50.8 Å². The average Bonchev–Trinajstić information content (AvgIpc) is 3.41. The fourth-order valence-electron chi connectivity index (χ4n) is 4.21. The van der Waals surface area contributed by atoms with Gasteiger partial charge in [0.15, 0.2) is 0 Å². The number of anilines is 1. The molecule has 2 atom stereocenters. The van der Waals surface area contributed by atoms with Gasteiger partial charge in [-0.3, -0.25) is 9.29 Å². The Labute approximate surface area is 175 Å². The minimum atomic E-state index is 0.142. The Morgan fingerprint density at radius 2 is 2.00 bits per heavy atom. The average molecular weight is 411 g/mol. The van der Waals surface area contributed by atoms with Gasteiger partial charge in [-0.25, -0.2) is 0 Å². The topological polar surface area (TPSA) is 52.0 Å². The van der Waals surface area contributed by atoms with E-state index >= 15 is 0 Å². The number of nitriles is 1. The summed E-state index contributed by atoms with van der Waals surface area (Å²) in [4.78, 5) is 4.37. The highest BCUT2D eigenvalue weighted by Gasteiger charge is 2.29. The van der Waals surface area contributed by atoms with Gasteiger partial charge >= 0.3 is 0 Å². The number of hydrogen-bond acceptors (Lipinski definition) is 6. The van der Waals surface area contributed by atoms with Crippen LogP contribution in [-0.2, 0) is 0 Å². The second-order valence-electron chi connectivity index (χ2n) is 8.14. The number of aromatic nitrogens is 1. The lowest BCUT2D eigenvalue weighted by Gasteiger charge is -2.32. The molecule has 3 aliphatic rings. The van der Waals surface area contributed by atoms with E-state index < -0.39 is 0 Å². The molecule has 3 heterocycles. The summed E-state index contributed by atoms with van der Waals surface area (Å²) in [5.74, 6) is 0. The van der Waals surface area contributed by atoms with E-state index in [1.165, 1.54) is 60.8 Å². The van der Waals surface area contributed by atoms with Crippen molar-refractivity contribution in [2.24, 2.45) is 0 Å². The van der Waals surface area contributed by atoms with Gasteiger partial charge in [-0.2, -0.15) is 5.26 Å². The molecule has 0 radical (unpaired) electrons. The van der Waals surface area contributed by atoms with Gasteiger partial charge in [0.1, 0.15) is 0 Å². The Kier molecular flexibility index (Phi) is 5.41. The number of benzene rings is 1. The number of nitrogens with zero attached hydrogens (tertiary/aromatic N) is 3. The van der Waals surface area contributed by atoms with Crippen molar-refractivity contribution in [2.45, 2.75) is 60.3 Å². The van der Waals surface area contributed by atoms with Gasteiger partial charge < -0.3 is 5.32 Å². The normalized spacial score (nSPS) is 26.4. The summed E-state index contributed by atoms with van der Waals surface area (Å²) in [5.41, 5.74) is 2.57. The fraction of sp³-hybridized carbons (Fsp3) is 0.545. The highest BCUT2D eigenvalue weighted by atomic mass is 32.2. The second kappa shape index (κ2) is 8.14. The third-order valence-electron chi connectivity index (χ3n) is 5.95. The summed E-state index contributed by atoms with van der Waals surface area (Å²) in [6.45, 7) is 2.36. The summed E-state index contributed by atoms with van der Waals surface area (Å²) >= 11 is 3.91. The molecule has 1 N–H and O–H groups in total. The smallest absolute Gasteiger partial charge is 0.0923 e. The van der Waals surface area contributed by atoms with Crippen LogP contribution in [0.4, 0.5) is 5.69 Å². The number of pyridine rings is 1. The molecule has 0 bridgehead atoms. The van der Waals surface area contributed by atoms with Crippen LogP contribution in [-0.4, -0.2) is 38.9 Å². The van der Waals surface area contributed by atoms with Gasteiger partial charge in [0.05, 0.1) is 11.3 Å². The highest BCUT2D eigenvalue weighted by molar-refractivity contribution is 8.00. The Morgan fingerprint density at radius 3 is 2.75 bits per heavy atom. The van der Waals surface area contributed by atoms with Gasteiger partial charge in [-0.1, -0.05) is 11.9 Å². The first-order valence-electron chi connectivity index (χ1n) is 10.4. The molecule has 1 aromatic heterocycles. The van der Waals surface area contributed by atoms with Crippen LogP contribution in [0.5, 0.6) is 0 Å². The molecule has 2 aromatic rings. The molecular weight excluding hydrogens is 384 g/mol. The molecule has 2 aliphatic heterocycles. The van der Waals surface area contributed by atoms with E-state index in [1.54, 1.807) is 0 Å². The summed E-state index contributed by atoms with van der Waals surface area (Å²) in [6, 6.07) is 9.70. The number of rotatable bonds is 5. The lowest BCUT2D eigenvalue weighted by atomic mass is 10.00. The number of nitrogens with one attached hydrogen (secondary N) is 1. The predicted octanol–water partition coefficient (Wildman–Crippen LogP) is 5.38. The summed E-state index contributed by atoms with van der Waals surface area (Å²) in [7, 11) is 0. The van der Waals surface area contributed by atoms with Gasteiger partial charge in [0, 0.05) is 53.1 Å². The molecule has 0 amide bonds. The molecule has 1 aliphatic carbocycles. The van der Waals surface area contributed by atoms with Crippen molar-refractivity contribution >= 4 is 40.2 Å². The molecule has 5 rings (SSSR count). The lowest BCUT2D eigenvalue weighted by Crippen LogP contribution is -2.35. The van der Waals surface area contributed by atoms with E-state index in [0.717, 1.165) is 18.1 Å². The van der Waals surface area contributed by atoms with E-state index in [1.807, 2.05) is 24.2 Å². The van der Waals surface area contributed by atoms with E-state index in [9.17, 15) is 5.26 Å². The maximum atomic E-state index is 9.26. The van der Waals surface area contributed by atoms with Crippen molar-refractivity contribution in [3.63, 3.8) is 0 Å². The van der Waals surface area contributed by atoms with Crippen molar-refractivity contribution in [2.75, 3.05) is 18.4 Å². The molecule has 4 nitrogen and oxygen atoms in total. The Bertz CT molecular complexity index is 884. The number of hydrogen-bond donors (Lipinski definition) is 1. The van der Waals surface area contributed by atoms with Crippen LogP contribution in [0.25, 0.3) is 10.8 Å². The maximum absolute atomic E-state index is 9.26. The Balaban J connectivity index is 1.34. The largest absolute Gasteiger partial charge is 0.382 e. The van der Waals surface area contributed by atoms with Gasteiger partial charge in [-0.15, -0.1) is 11.8 Å². The van der Waals surface area contributed by atoms with Gasteiger partial charge in [0.2, 0.25) is 0 Å². The molecule has 0 spiro atoms. The van der Waals surface area contributed by atoms with E-state index in [4.69, 9.17) is 0 Å². The molecule has 2 unspecified atom stereocenters. The maximum Gasteiger partial charge on any atom is 0.0923 e. The zero-order valence-electron chi connectivity index (χ0n) is 16.0. The SMILES string of the molecule is N#CC1CCC(c2cc(NC3CCN(SC4CC4)CC3)c3cnccc3c2)S1. The molecule has 6 heteroatoms. The number of thioether (sulfide) groups is 1. The van der Waals surface area contributed by atoms with E-state index in [0.29, 0.717) is 11.3 Å². The predicted molar refractivity (Wildman–Crippen MR) is 120 cm³/mol. The second-order valence-corrected chi connectivity index (χ2v) is 10.9. The standard InChI is InChI=1S/C22H26N4S2/c23-13-19-3-4-22(27-19)16-11-15-5-8-24-14-20(15)21(12-16)25-17-6-9-26(10-7-17)28-18-1-2-18/h5,8,11-12,14,17-19,22,25H,1-4,6-7,9-10H2. The summed E-state index contributed by atoms with van der Waals surface area (Å²) < 4.78 is 2.57. The van der Waals surface area contributed by atoms with E-state index in [-0.39, 0.29) is 5.25 Å². The first-order chi connectivity index (χ1) is 13.8. The van der Waals surface area contributed by atoms with Crippen molar-refractivity contribution < 1.29 is 0 Å². The Morgan fingerprint density at radius 1 is 1.14 bits per heavy atom. The zero-order valence-corrected chi connectivity index (χ0v) is 17.6. The molecule has 28 heavy (non-hydrogen) atoms. The minimum absolute atomic E-state index is 0.142. The molecule has 1 saturated carbocycles. The molecule has 146 valence electrons. The third-order valence-corrected chi connectivity index (χ3v) is 8.89. The third kappa shape index (κ3) is 4.12.